The average Bonchev–Trinajstić information content (AvgIpc) is 2.82. The van der Waals surface area contributed by atoms with Gasteiger partial charge in [0.1, 0.15) is 10.6 Å². The van der Waals surface area contributed by atoms with Crippen LogP contribution in [0.5, 0.6) is 5.75 Å². The summed E-state index contributed by atoms with van der Waals surface area (Å²) >= 11 is 0. The van der Waals surface area contributed by atoms with Gasteiger partial charge in [0.15, 0.2) is 0 Å². The van der Waals surface area contributed by atoms with Gasteiger partial charge in [-0.2, -0.15) is 4.31 Å². The zero-order chi connectivity index (χ0) is 22.7. The van der Waals surface area contributed by atoms with E-state index in [4.69, 9.17) is 4.74 Å². The molecule has 7 heteroatoms. The summed E-state index contributed by atoms with van der Waals surface area (Å²) in [6, 6.07) is 19.3. The molecule has 168 valence electrons. The van der Waals surface area contributed by atoms with Crippen LogP contribution in [-0.2, 0) is 21.4 Å². The Morgan fingerprint density at radius 1 is 1.06 bits per heavy atom. The number of aryl methyl sites for hydroxylation is 1. The Bertz CT molecular complexity index is 1230. The number of sulfonamides is 1. The van der Waals surface area contributed by atoms with Gasteiger partial charge in [0.05, 0.1) is 7.11 Å². The molecule has 6 nitrogen and oxygen atoms in total. The number of piperidine rings is 1. The number of nitrogens with zero attached hydrogens (tertiary/aromatic N) is 1. The normalized spacial score (nSPS) is 15.6. The molecule has 1 fully saturated rings. The summed E-state index contributed by atoms with van der Waals surface area (Å²) in [5.74, 6) is 0.115. The van der Waals surface area contributed by atoms with Crippen molar-refractivity contribution in [3.05, 3.63) is 71.8 Å². The zero-order valence-electron chi connectivity index (χ0n) is 18.4. The first-order valence-electron chi connectivity index (χ1n) is 10.8. The number of carbonyl (C=O) groups excluding carboxylic acids is 1. The SMILES string of the molecule is COc1ccc(C)cc1S(=O)(=O)N1CCC(C(=O)NCc2cccc3ccccc23)CC1. The number of nitrogens with one attached hydrogen (secondary N) is 1. The fourth-order valence-electron chi connectivity index (χ4n) is 4.26. The monoisotopic (exact) mass is 452 g/mol. The molecule has 1 aliphatic heterocycles. The fourth-order valence-corrected chi connectivity index (χ4v) is 5.97. The largest absolute Gasteiger partial charge is 0.495 e. The number of fused-ring (bicyclic) bond motifs is 1. The van der Waals surface area contributed by atoms with Gasteiger partial charge in [-0.3, -0.25) is 4.79 Å². The van der Waals surface area contributed by atoms with Crippen molar-refractivity contribution in [2.75, 3.05) is 20.2 Å². The van der Waals surface area contributed by atoms with Crippen molar-refractivity contribution < 1.29 is 17.9 Å². The van der Waals surface area contributed by atoms with Gasteiger partial charge in [0, 0.05) is 25.6 Å². The van der Waals surface area contributed by atoms with E-state index < -0.39 is 10.0 Å². The second-order valence-corrected chi connectivity index (χ2v) is 10.1. The number of rotatable bonds is 6. The highest BCUT2D eigenvalue weighted by molar-refractivity contribution is 7.89. The molecule has 3 aromatic rings. The van der Waals surface area contributed by atoms with Crippen molar-refractivity contribution in [2.45, 2.75) is 31.2 Å². The summed E-state index contributed by atoms with van der Waals surface area (Å²) in [6.45, 7) is 2.93. The van der Waals surface area contributed by atoms with E-state index in [0.717, 1.165) is 21.9 Å². The molecular formula is C25H28N2O4S. The lowest BCUT2D eigenvalue weighted by Crippen LogP contribution is -2.43. The Labute approximate surface area is 189 Å². The maximum atomic E-state index is 13.2. The van der Waals surface area contributed by atoms with Gasteiger partial charge in [0.2, 0.25) is 15.9 Å². The molecule has 0 aromatic heterocycles. The Morgan fingerprint density at radius 2 is 1.78 bits per heavy atom. The van der Waals surface area contributed by atoms with Crippen LogP contribution >= 0.6 is 0 Å². The van der Waals surface area contributed by atoms with E-state index in [1.807, 2.05) is 37.3 Å². The summed E-state index contributed by atoms with van der Waals surface area (Å²) < 4.78 is 33.1. The molecule has 0 aliphatic carbocycles. The Hall–Kier alpha value is -2.90. The number of hydrogen-bond donors (Lipinski definition) is 1. The quantitative estimate of drug-likeness (QED) is 0.616. The standard InChI is InChI=1S/C25H28N2O4S/c1-18-10-11-23(31-2)24(16-18)32(29,30)27-14-12-20(13-15-27)25(28)26-17-21-8-5-7-19-6-3-4-9-22(19)21/h3-11,16,20H,12-15,17H2,1-2H3,(H,26,28). The van der Waals surface area contributed by atoms with Crippen molar-refractivity contribution >= 4 is 26.7 Å². The Balaban J connectivity index is 1.39. The molecule has 1 heterocycles. The Kier molecular flexibility index (Phi) is 6.48. The van der Waals surface area contributed by atoms with Crippen LogP contribution in [0.2, 0.25) is 0 Å². The minimum Gasteiger partial charge on any atom is -0.495 e. The molecule has 0 spiro atoms. The van der Waals surface area contributed by atoms with Crippen LogP contribution < -0.4 is 10.1 Å². The highest BCUT2D eigenvalue weighted by Crippen LogP contribution is 2.30. The first-order chi connectivity index (χ1) is 15.4. The third kappa shape index (κ3) is 4.49. The zero-order valence-corrected chi connectivity index (χ0v) is 19.2. The van der Waals surface area contributed by atoms with E-state index >= 15 is 0 Å². The molecule has 0 atom stereocenters. The summed E-state index contributed by atoms with van der Waals surface area (Å²) in [5, 5.41) is 5.32. The van der Waals surface area contributed by atoms with E-state index in [1.165, 1.54) is 11.4 Å². The number of methoxy groups -OCH3 is 1. The molecule has 0 radical (unpaired) electrons. The van der Waals surface area contributed by atoms with Crippen LogP contribution in [0.4, 0.5) is 0 Å². The van der Waals surface area contributed by atoms with Crippen LogP contribution in [0.3, 0.4) is 0 Å². The summed E-state index contributed by atoms with van der Waals surface area (Å²) in [5.41, 5.74) is 1.93. The summed E-state index contributed by atoms with van der Waals surface area (Å²) in [4.78, 5) is 13.0. The van der Waals surface area contributed by atoms with E-state index in [2.05, 4.69) is 23.5 Å². The van der Waals surface area contributed by atoms with Crippen molar-refractivity contribution in [3.8, 4) is 5.75 Å². The lowest BCUT2D eigenvalue weighted by molar-refractivity contribution is -0.126. The van der Waals surface area contributed by atoms with Crippen LogP contribution in [0.1, 0.15) is 24.0 Å². The molecular weight excluding hydrogens is 424 g/mol. The molecule has 0 saturated carbocycles. The number of hydrogen-bond acceptors (Lipinski definition) is 4. The van der Waals surface area contributed by atoms with Gasteiger partial charge < -0.3 is 10.1 Å². The minimum atomic E-state index is -3.68. The van der Waals surface area contributed by atoms with E-state index in [9.17, 15) is 13.2 Å². The average molecular weight is 453 g/mol. The van der Waals surface area contributed by atoms with Gasteiger partial charge >= 0.3 is 0 Å². The smallest absolute Gasteiger partial charge is 0.246 e. The first kappa shape index (κ1) is 22.3. The predicted molar refractivity (Wildman–Crippen MR) is 125 cm³/mol. The van der Waals surface area contributed by atoms with Crippen molar-refractivity contribution in [2.24, 2.45) is 5.92 Å². The molecule has 1 N–H and O–H groups in total. The molecule has 1 saturated heterocycles. The number of ether oxygens (including phenoxy) is 1. The van der Waals surface area contributed by atoms with Gasteiger partial charge in [-0.25, -0.2) is 8.42 Å². The van der Waals surface area contributed by atoms with Crippen LogP contribution in [0.15, 0.2) is 65.6 Å². The van der Waals surface area contributed by atoms with Gasteiger partial charge in [0.25, 0.3) is 0 Å². The van der Waals surface area contributed by atoms with Crippen molar-refractivity contribution in [3.63, 3.8) is 0 Å². The summed E-state index contributed by atoms with van der Waals surface area (Å²) in [6.07, 6.45) is 0.990. The minimum absolute atomic E-state index is 0.0249. The maximum Gasteiger partial charge on any atom is 0.246 e. The highest BCUT2D eigenvalue weighted by Gasteiger charge is 2.33. The maximum absolute atomic E-state index is 13.2. The summed E-state index contributed by atoms with van der Waals surface area (Å²) in [7, 11) is -2.21. The molecule has 32 heavy (non-hydrogen) atoms. The molecule has 3 aromatic carbocycles. The molecule has 4 rings (SSSR count). The molecule has 1 amide bonds. The Morgan fingerprint density at radius 3 is 2.53 bits per heavy atom. The third-order valence-corrected chi connectivity index (χ3v) is 8.01. The van der Waals surface area contributed by atoms with Crippen LogP contribution in [-0.4, -0.2) is 38.8 Å². The number of benzene rings is 3. The van der Waals surface area contributed by atoms with Crippen LogP contribution in [0, 0.1) is 12.8 Å². The van der Waals surface area contributed by atoms with Crippen molar-refractivity contribution in [1.29, 1.82) is 0 Å². The van der Waals surface area contributed by atoms with E-state index in [0.29, 0.717) is 38.2 Å². The van der Waals surface area contributed by atoms with Crippen LogP contribution in [0.25, 0.3) is 10.8 Å². The van der Waals surface area contributed by atoms with E-state index in [1.54, 1.807) is 12.1 Å². The van der Waals surface area contributed by atoms with Gasteiger partial charge in [-0.05, 0) is 53.8 Å². The number of amides is 1. The lowest BCUT2D eigenvalue weighted by Gasteiger charge is -2.31. The van der Waals surface area contributed by atoms with E-state index in [-0.39, 0.29) is 16.7 Å². The second-order valence-electron chi connectivity index (χ2n) is 8.19. The number of carbonyl (C=O) groups is 1. The van der Waals surface area contributed by atoms with Gasteiger partial charge in [-0.1, -0.05) is 48.5 Å². The highest BCUT2D eigenvalue weighted by atomic mass is 32.2. The van der Waals surface area contributed by atoms with Crippen molar-refractivity contribution in [1.82, 2.24) is 9.62 Å². The fraction of sp³-hybridized carbons (Fsp3) is 0.320. The first-order valence-corrected chi connectivity index (χ1v) is 12.2. The third-order valence-electron chi connectivity index (χ3n) is 6.09. The predicted octanol–water partition coefficient (Wildman–Crippen LogP) is 3.87. The molecule has 0 bridgehead atoms. The lowest BCUT2D eigenvalue weighted by atomic mass is 9.97. The topological polar surface area (TPSA) is 75.7 Å². The second kappa shape index (κ2) is 9.30. The molecule has 1 aliphatic rings. The molecule has 0 unspecified atom stereocenters. The van der Waals surface area contributed by atoms with Gasteiger partial charge in [-0.15, -0.1) is 0 Å².